The van der Waals surface area contributed by atoms with Crippen molar-refractivity contribution in [3.05, 3.63) is 77.4 Å². The molecule has 1 aliphatic heterocycles. The number of nitrogens with one attached hydrogen (secondary N) is 1. The first-order valence-electron chi connectivity index (χ1n) is 8.95. The topological polar surface area (TPSA) is 32.3 Å². The molecule has 0 saturated heterocycles. The predicted molar refractivity (Wildman–Crippen MR) is 103 cm³/mol. The Bertz CT molecular complexity index is 734. The van der Waals surface area contributed by atoms with E-state index in [1.807, 2.05) is 13.0 Å². The van der Waals surface area contributed by atoms with Gasteiger partial charge in [-0.25, -0.2) is 0 Å². The maximum atomic E-state index is 12.5. The molecular weight excluding hydrogens is 308 g/mol. The molecule has 0 radical (unpaired) electrons. The van der Waals surface area contributed by atoms with Crippen LogP contribution in [-0.2, 0) is 11.3 Å². The fourth-order valence-corrected chi connectivity index (χ4v) is 3.16. The van der Waals surface area contributed by atoms with Gasteiger partial charge in [0.2, 0.25) is 5.91 Å². The first kappa shape index (κ1) is 17.4. The lowest BCUT2D eigenvalue weighted by atomic mass is 9.99. The summed E-state index contributed by atoms with van der Waals surface area (Å²) >= 11 is 0. The third-order valence-corrected chi connectivity index (χ3v) is 4.90. The predicted octanol–water partition coefficient (Wildman–Crippen LogP) is 3.79. The van der Waals surface area contributed by atoms with Crippen molar-refractivity contribution < 1.29 is 4.79 Å². The summed E-state index contributed by atoms with van der Waals surface area (Å²) < 4.78 is 0. The maximum Gasteiger partial charge on any atom is 0.237 e. The van der Waals surface area contributed by atoms with Crippen LogP contribution in [0.5, 0.6) is 0 Å². The van der Waals surface area contributed by atoms with Gasteiger partial charge >= 0.3 is 0 Å². The highest BCUT2D eigenvalue weighted by Gasteiger charge is 2.23. The zero-order valence-electron chi connectivity index (χ0n) is 15.0. The van der Waals surface area contributed by atoms with E-state index >= 15 is 0 Å². The van der Waals surface area contributed by atoms with Gasteiger partial charge < -0.3 is 5.32 Å². The van der Waals surface area contributed by atoms with E-state index in [-0.39, 0.29) is 11.9 Å². The Kier molecular flexibility index (Phi) is 5.67. The fraction of sp³-hybridized carbons (Fsp3) is 0.318. The van der Waals surface area contributed by atoms with Gasteiger partial charge in [0, 0.05) is 19.6 Å². The summed E-state index contributed by atoms with van der Waals surface area (Å²) in [7, 11) is 0. The van der Waals surface area contributed by atoms with Crippen LogP contribution < -0.4 is 5.32 Å². The summed E-state index contributed by atoms with van der Waals surface area (Å²) in [5, 5.41) is 3.06. The van der Waals surface area contributed by atoms with E-state index in [2.05, 4.69) is 71.7 Å². The molecule has 0 aromatic heterocycles. The van der Waals surface area contributed by atoms with Crippen molar-refractivity contribution in [2.24, 2.45) is 0 Å². The van der Waals surface area contributed by atoms with E-state index < -0.39 is 0 Å². The highest BCUT2D eigenvalue weighted by Crippen LogP contribution is 2.23. The first-order valence-corrected chi connectivity index (χ1v) is 8.95. The van der Waals surface area contributed by atoms with Gasteiger partial charge in [0.1, 0.15) is 0 Å². The lowest BCUT2D eigenvalue weighted by Crippen LogP contribution is -2.46. The molecule has 0 aliphatic carbocycles. The number of benzene rings is 2. The lowest BCUT2D eigenvalue weighted by Gasteiger charge is -2.31. The number of hydrogen-bond donors (Lipinski definition) is 1. The van der Waals surface area contributed by atoms with Crippen molar-refractivity contribution >= 4 is 11.5 Å². The Morgan fingerprint density at radius 2 is 1.84 bits per heavy atom. The number of aryl methyl sites for hydroxylation is 1. The Hall–Kier alpha value is -2.39. The van der Waals surface area contributed by atoms with Crippen LogP contribution in [0, 0.1) is 6.92 Å². The third kappa shape index (κ3) is 4.58. The second kappa shape index (κ2) is 8.13. The normalized spacial score (nSPS) is 16.2. The monoisotopic (exact) mass is 334 g/mol. The summed E-state index contributed by atoms with van der Waals surface area (Å²) in [5.74, 6) is 0.0946. The minimum atomic E-state index is -0.112. The average Bonchev–Trinajstić information content (AvgIpc) is 2.67. The molecule has 1 heterocycles. The number of amides is 1. The molecule has 25 heavy (non-hydrogen) atoms. The largest absolute Gasteiger partial charge is 0.351 e. The molecule has 0 unspecified atom stereocenters. The summed E-state index contributed by atoms with van der Waals surface area (Å²) in [6.45, 7) is 6.38. The molecule has 0 fully saturated rings. The minimum absolute atomic E-state index is 0.0946. The van der Waals surface area contributed by atoms with Crippen molar-refractivity contribution in [2.45, 2.75) is 32.9 Å². The van der Waals surface area contributed by atoms with E-state index in [0.717, 1.165) is 25.1 Å². The van der Waals surface area contributed by atoms with Gasteiger partial charge in [-0.3, -0.25) is 9.69 Å². The van der Waals surface area contributed by atoms with Crippen LogP contribution in [0.4, 0.5) is 0 Å². The fourth-order valence-electron chi connectivity index (χ4n) is 3.16. The Morgan fingerprint density at radius 1 is 1.12 bits per heavy atom. The van der Waals surface area contributed by atoms with Crippen molar-refractivity contribution in [1.29, 1.82) is 0 Å². The van der Waals surface area contributed by atoms with Gasteiger partial charge in [0.15, 0.2) is 0 Å². The van der Waals surface area contributed by atoms with Crippen LogP contribution in [0.15, 0.2) is 60.7 Å². The minimum Gasteiger partial charge on any atom is -0.351 e. The molecule has 0 spiro atoms. The van der Waals surface area contributed by atoms with Crippen molar-refractivity contribution in [3.8, 4) is 0 Å². The summed E-state index contributed by atoms with van der Waals surface area (Å²) in [4.78, 5) is 14.7. The quantitative estimate of drug-likeness (QED) is 0.902. The van der Waals surface area contributed by atoms with Gasteiger partial charge in [0.05, 0.1) is 6.04 Å². The summed E-state index contributed by atoms with van der Waals surface area (Å²) in [5.41, 5.74) is 5.04. The number of carbonyl (C=O) groups is 1. The molecule has 130 valence electrons. The molecule has 1 aliphatic rings. The molecule has 3 rings (SSSR count). The Balaban J connectivity index is 1.53. The van der Waals surface area contributed by atoms with Crippen LogP contribution in [-0.4, -0.2) is 29.9 Å². The van der Waals surface area contributed by atoms with Gasteiger partial charge in [-0.2, -0.15) is 0 Å². The molecule has 0 bridgehead atoms. The van der Waals surface area contributed by atoms with Crippen molar-refractivity contribution in [1.82, 2.24) is 10.2 Å². The van der Waals surface area contributed by atoms with E-state index in [1.54, 1.807) is 0 Å². The van der Waals surface area contributed by atoms with E-state index in [0.29, 0.717) is 6.54 Å². The van der Waals surface area contributed by atoms with Gasteiger partial charge in [0.25, 0.3) is 0 Å². The second-order valence-corrected chi connectivity index (χ2v) is 6.72. The Morgan fingerprint density at radius 3 is 2.48 bits per heavy atom. The summed E-state index contributed by atoms with van der Waals surface area (Å²) in [6.07, 6.45) is 3.24. The van der Waals surface area contributed by atoms with Crippen LogP contribution in [0.1, 0.15) is 30.0 Å². The maximum absolute atomic E-state index is 12.5. The van der Waals surface area contributed by atoms with Gasteiger partial charge in [-0.15, -0.1) is 0 Å². The van der Waals surface area contributed by atoms with Gasteiger partial charge in [-0.05, 0) is 37.0 Å². The molecule has 0 saturated carbocycles. The summed E-state index contributed by atoms with van der Waals surface area (Å²) in [6, 6.07) is 18.7. The average molecular weight is 334 g/mol. The molecule has 3 nitrogen and oxygen atoms in total. The van der Waals surface area contributed by atoms with E-state index in [9.17, 15) is 4.79 Å². The lowest BCUT2D eigenvalue weighted by molar-refractivity contribution is -0.125. The van der Waals surface area contributed by atoms with Crippen molar-refractivity contribution in [2.75, 3.05) is 13.1 Å². The first-order chi connectivity index (χ1) is 12.1. The smallest absolute Gasteiger partial charge is 0.237 e. The third-order valence-electron chi connectivity index (χ3n) is 4.90. The Labute approximate surface area is 150 Å². The molecule has 3 heteroatoms. The zero-order valence-corrected chi connectivity index (χ0v) is 15.0. The highest BCUT2D eigenvalue weighted by molar-refractivity contribution is 5.81. The molecule has 1 amide bonds. The zero-order chi connectivity index (χ0) is 17.6. The molecule has 1 atom stereocenters. The SMILES string of the molecule is Cc1ccc(CNC(=O)[C@H](C)N2CC=C(c3ccccc3)CC2)cc1. The number of carbonyl (C=O) groups excluding carboxylic acids is 1. The van der Waals surface area contributed by atoms with Gasteiger partial charge in [-0.1, -0.05) is 66.2 Å². The van der Waals surface area contributed by atoms with Crippen molar-refractivity contribution in [3.63, 3.8) is 0 Å². The van der Waals surface area contributed by atoms with Crippen LogP contribution >= 0.6 is 0 Å². The van der Waals surface area contributed by atoms with E-state index in [4.69, 9.17) is 0 Å². The number of nitrogens with zero attached hydrogens (tertiary/aromatic N) is 1. The second-order valence-electron chi connectivity index (χ2n) is 6.72. The number of rotatable bonds is 5. The van der Waals surface area contributed by atoms with Crippen LogP contribution in [0.25, 0.3) is 5.57 Å². The number of hydrogen-bond acceptors (Lipinski definition) is 2. The molecule has 2 aromatic rings. The van der Waals surface area contributed by atoms with E-state index in [1.165, 1.54) is 16.7 Å². The molecule has 1 N–H and O–H groups in total. The highest BCUT2D eigenvalue weighted by atomic mass is 16.2. The van der Waals surface area contributed by atoms with Crippen LogP contribution in [0.2, 0.25) is 0 Å². The molecular formula is C22H26N2O. The standard InChI is InChI=1S/C22H26N2O/c1-17-8-10-19(11-9-17)16-23-22(25)18(2)24-14-12-21(13-15-24)20-6-4-3-5-7-20/h3-12,18H,13-16H2,1-2H3,(H,23,25)/t18-/m0/s1. The van der Waals surface area contributed by atoms with Crippen LogP contribution in [0.3, 0.4) is 0 Å². The molecule has 2 aromatic carbocycles.